The van der Waals surface area contributed by atoms with Gasteiger partial charge < -0.3 is 4.98 Å². The van der Waals surface area contributed by atoms with Gasteiger partial charge in [-0.05, 0) is 26.0 Å². The number of fused-ring (bicyclic) bond motifs is 1. The molecular weight excluding hydrogens is 330 g/mol. The van der Waals surface area contributed by atoms with E-state index in [9.17, 15) is 4.79 Å². The molecule has 0 bridgehead atoms. The number of aryl methyl sites for hydroxylation is 2. The van der Waals surface area contributed by atoms with Gasteiger partial charge in [-0.15, -0.1) is 5.10 Å². The van der Waals surface area contributed by atoms with Crippen molar-refractivity contribution in [2.75, 3.05) is 0 Å². The van der Waals surface area contributed by atoms with E-state index in [2.05, 4.69) is 39.2 Å². The number of para-hydroxylation sites is 1. The number of rotatable bonds is 5. The van der Waals surface area contributed by atoms with Gasteiger partial charge in [0.15, 0.2) is 0 Å². The summed E-state index contributed by atoms with van der Waals surface area (Å²) in [6, 6.07) is 7.62. The second-order valence-corrected chi connectivity index (χ2v) is 6.45. The molecule has 0 radical (unpaired) electrons. The number of benzene rings is 1. The zero-order valence-corrected chi connectivity index (χ0v) is 14.6. The summed E-state index contributed by atoms with van der Waals surface area (Å²) < 4.78 is 3.63. The largest absolute Gasteiger partial charge is 0.310 e. The maximum Gasteiger partial charge on any atom is 0.258 e. The van der Waals surface area contributed by atoms with Crippen LogP contribution < -0.4 is 5.56 Å². The molecule has 0 aliphatic heterocycles. The van der Waals surface area contributed by atoms with E-state index in [1.165, 1.54) is 0 Å². The molecule has 3 aromatic heterocycles. The van der Waals surface area contributed by atoms with Crippen molar-refractivity contribution in [1.82, 2.24) is 34.7 Å². The van der Waals surface area contributed by atoms with Crippen LogP contribution in [0.5, 0.6) is 0 Å². The highest BCUT2D eigenvalue weighted by molar-refractivity contribution is 5.77. The second kappa shape index (κ2) is 6.55. The van der Waals surface area contributed by atoms with Gasteiger partial charge in [0.1, 0.15) is 11.5 Å². The zero-order valence-electron chi connectivity index (χ0n) is 14.6. The SMILES string of the molecule is CC(C)n1cc(-c2cn(CCc3nc4ccccc4c(=O)[nH]3)nn2)cn1. The maximum absolute atomic E-state index is 12.1. The topological polar surface area (TPSA) is 94.3 Å². The summed E-state index contributed by atoms with van der Waals surface area (Å²) in [7, 11) is 0. The number of aromatic nitrogens is 7. The maximum atomic E-state index is 12.1. The summed E-state index contributed by atoms with van der Waals surface area (Å²) >= 11 is 0. The van der Waals surface area contributed by atoms with Crippen LogP contribution >= 0.6 is 0 Å². The minimum Gasteiger partial charge on any atom is -0.310 e. The van der Waals surface area contributed by atoms with Crippen molar-refractivity contribution >= 4 is 10.9 Å². The van der Waals surface area contributed by atoms with Gasteiger partial charge in [0.25, 0.3) is 5.56 Å². The Morgan fingerprint density at radius 2 is 2.04 bits per heavy atom. The van der Waals surface area contributed by atoms with Crippen LogP contribution in [0.25, 0.3) is 22.2 Å². The molecule has 0 saturated carbocycles. The first kappa shape index (κ1) is 16.2. The quantitative estimate of drug-likeness (QED) is 0.596. The van der Waals surface area contributed by atoms with E-state index in [0.717, 1.165) is 11.3 Å². The lowest BCUT2D eigenvalue weighted by molar-refractivity contribution is 0.532. The Bertz CT molecular complexity index is 1110. The first-order chi connectivity index (χ1) is 12.6. The van der Waals surface area contributed by atoms with Crippen molar-refractivity contribution in [1.29, 1.82) is 0 Å². The number of aromatic amines is 1. The monoisotopic (exact) mass is 349 g/mol. The molecule has 0 fully saturated rings. The number of hydrogen-bond donors (Lipinski definition) is 1. The lowest BCUT2D eigenvalue weighted by atomic mass is 10.2. The summed E-state index contributed by atoms with van der Waals surface area (Å²) in [5, 5.41) is 13.3. The third-order valence-corrected chi connectivity index (χ3v) is 4.20. The molecule has 1 N–H and O–H groups in total. The summed E-state index contributed by atoms with van der Waals surface area (Å²) in [5.74, 6) is 0.637. The molecule has 4 rings (SSSR count). The van der Waals surface area contributed by atoms with Crippen LogP contribution in [0.2, 0.25) is 0 Å². The van der Waals surface area contributed by atoms with Crippen LogP contribution in [-0.4, -0.2) is 34.7 Å². The molecule has 3 heterocycles. The van der Waals surface area contributed by atoms with Crippen molar-refractivity contribution in [2.45, 2.75) is 32.9 Å². The first-order valence-electron chi connectivity index (χ1n) is 8.53. The average molecular weight is 349 g/mol. The van der Waals surface area contributed by atoms with Crippen molar-refractivity contribution < 1.29 is 0 Å². The van der Waals surface area contributed by atoms with E-state index in [1.807, 2.05) is 35.3 Å². The molecule has 0 aliphatic carbocycles. The zero-order chi connectivity index (χ0) is 18.1. The van der Waals surface area contributed by atoms with Crippen molar-refractivity contribution in [3.8, 4) is 11.3 Å². The number of H-pyrrole nitrogens is 1. The standard InChI is InChI=1S/C18H19N7O/c1-12(2)25-10-13(9-19-25)16-11-24(23-22-16)8-7-17-20-15-6-4-3-5-14(15)18(26)21-17/h3-6,9-12H,7-8H2,1-2H3,(H,20,21,26). The molecule has 0 aliphatic rings. The Balaban J connectivity index is 1.50. The summed E-state index contributed by atoms with van der Waals surface area (Å²) in [6.07, 6.45) is 6.19. The Labute approximate surface area is 149 Å². The molecule has 1 aromatic carbocycles. The molecule has 0 amide bonds. The molecule has 0 spiro atoms. The van der Waals surface area contributed by atoms with Crippen LogP contribution in [0.15, 0.2) is 47.7 Å². The van der Waals surface area contributed by atoms with Gasteiger partial charge >= 0.3 is 0 Å². The van der Waals surface area contributed by atoms with Crippen LogP contribution in [0.1, 0.15) is 25.7 Å². The van der Waals surface area contributed by atoms with Crippen molar-refractivity contribution in [3.05, 3.63) is 59.0 Å². The van der Waals surface area contributed by atoms with Crippen LogP contribution in [-0.2, 0) is 13.0 Å². The first-order valence-corrected chi connectivity index (χ1v) is 8.53. The highest BCUT2D eigenvalue weighted by Gasteiger charge is 2.09. The molecule has 0 atom stereocenters. The molecule has 0 unspecified atom stereocenters. The normalized spacial score (nSPS) is 11.5. The minimum atomic E-state index is -0.119. The fourth-order valence-electron chi connectivity index (χ4n) is 2.77. The molecule has 0 saturated heterocycles. The van der Waals surface area contributed by atoms with E-state index in [0.29, 0.717) is 35.7 Å². The summed E-state index contributed by atoms with van der Waals surface area (Å²) in [4.78, 5) is 19.5. The van der Waals surface area contributed by atoms with E-state index >= 15 is 0 Å². The van der Waals surface area contributed by atoms with Gasteiger partial charge in [0.05, 0.1) is 23.3 Å². The van der Waals surface area contributed by atoms with Crippen molar-refractivity contribution in [2.24, 2.45) is 0 Å². The van der Waals surface area contributed by atoms with Gasteiger partial charge in [-0.2, -0.15) is 5.10 Å². The molecule has 8 heteroatoms. The van der Waals surface area contributed by atoms with Gasteiger partial charge in [-0.25, -0.2) is 4.98 Å². The lowest BCUT2D eigenvalue weighted by Crippen LogP contribution is -2.14. The predicted octanol–water partition coefficient (Wildman–Crippen LogP) is 2.20. The Morgan fingerprint density at radius 1 is 1.19 bits per heavy atom. The fraction of sp³-hybridized carbons (Fsp3) is 0.278. The highest BCUT2D eigenvalue weighted by atomic mass is 16.1. The van der Waals surface area contributed by atoms with Crippen LogP contribution in [0, 0.1) is 0 Å². The van der Waals surface area contributed by atoms with Crippen LogP contribution in [0.3, 0.4) is 0 Å². The number of hydrogen-bond acceptors (Lipinski definition) is 5. The third kappa shape index (κ3) is 3.13. The van der Waals surface area contributed by atoms with Gasteiger partial charge in [-0.1, -0.05) is 17.3 Å². The highest BCUT2D eigenvalue weighted by Crippen LogP contribution is 2.17. The molecule has 8 nitrogen and oxygen atoms in total. The van der Waals surface area contributed by atoms with Gasteiger partial charge in [-0.3, -0.25) is 14.2 Å². The van der Waals surface area contributed by atoms with E-state index in [1.54, 1.807) is 16.9 Å². The molecule has 132 valence electrons. The van der Waals surface area contributed by atoms with Crippen LogP contribution in [0.4, 0.5) is 0 Å². The fourth-order valence-corrected chi connectivity index (χ4v) is 2.77. The van der Waals surface area contributed by atoms with Gasteiger partial charge in [0.2, 0.25) is 0 Å². The third-order valence-electron chi connectivity index (χ3n) is 4.20. The lowest BCUT2D eigenvalue weighted by Gasteiger charge is -2.03. The minimum absolute atomic E-state index is 0.119. The van der Waals surface area contributed by atoms with Crippen molar-refractivity contribution in [3.63, 3.8) is 0 Å². The molecule has 4 aromatic rings. The molecule has 26 heavy (non-hydrogen) atoms. The summed E-state index contributed by atoms with van der Waals surface area (Å²) in [5.41, 5.74) is 2.29. The Morgan fingerprint density at radius 3 is 2.85 bits per heavy atom. The van der Waals surface area contributed by atoms with E-state index < -0.39 is 0 Å². The number of nitrogens with zero attached hydrogens (tertiary/aromatic N) is 6. The Kier molecular flexibility index (Phi) is 4.08. The summed E-state index contributed by atoms with van der Waals surface area (Å²) in [6.45, 7) is 4.72. The Hall–Kier alpha value is -3.29. The van der Waals surface area contributed by atoms with E-state index in [4.69, 9.17) is 0 Å². The predicted molar refractivity (Wildman–Crippen MR) is 97.7 cm³/mol. The number of nitrogens with one attached hydrogen (secondary N) is 1. The van der Waals surface area contributed by atoms with Gasteiger partial charge in [0, 0.05) is 30.8 Å². The second-order valence-electron chi connectivity index (χ2n) is 6.45. The average Bonchev–Trinajstić information content (AvgIpc) is 3.29. The molecular formula is C18H19N7O. The smallest absolute Gasteiger partial charge is 0.258 e. The van der Waals surface area contributed by atoms with E-state index in [-0.39, 0.29) is 5.56 Å².